The van der Waals surface area contributed by atoms with Crippen LogP contribution in [0.4, 0.5) is 17.6 Å². The molecule has 1 aromatic rings. The van der Waals surface area contributed by atoms with Crippen molar-refractivity contribution in [1.29, 1.82) is 0 Å². The summed E-state index contributed by atoms with van der Waals surface area (Å²) in [5.74, 6) is 0. The molecular formula is C12H13F4N. The monoisotopic (exact) mass is 247 g/mol. The van der Waals surface area contributed by atoms with E-state index in [1.165, 1.54) is 6.07 Å². The normalized spacial score (nSPS) is 28.9. The number of nitrogens with two attached hydrogens (primary N) is 1. The van der Waals surface area contributed by atoms with Crippen LogP contribution >= 0.6 is 0 Å². The molecule has 5 heteroatoms. The summed E-state index contributed by atoms with van der Waals surface area (Å²) in [5, 5.41) is 0. The average molecular weight is 247 g/mol. The second-order valence-corrected chi connectivity index (χ2v) is 4.57. The van der Waals surface area contributed by atoms with Gasteiger partial charge in [-0.2, -0.15) is 13.2 Å². The molecule has 0 radical (unpaired) electrons. The molecule has 0 bridgehead atoms. The number of halogens is 4. The predicted molar refractivity (Wildman–Crippen MR) is 56.3 cm³/mol. The largest absolute Gasteiger partial charge is 0.416 e. The van der Waals surface area contributed by atoms with E-state index >= 15 is 0 Å². The summed E-state index contributed by atoms with van der Waals surface area (Å²) in [5.41, 5.74) is 4.75. The summed E-state index contributed by atoms with van der Waals surface area (Å²) >= 11 is 0. The van der Waals surface area contributed by atoms with Gasteiger partial charge in [-0.25, -0.2) is 4.39 Å². The number of hydrogen-bond donors (Lipinski definition) is 1. The van der Waals surface area contributed by atoms with Crippen LogP contribution in [0.2, 0.25) is 0 Å². The van der Waals surface area contributed by atoms with Gasteiger partial charge in [-0.05, 0) is 24.5 Å². The minimum absolute atomic E-state index is 0.175. The number of hydrogen-bond acceptors (Lipinski definition) is 1. The molecule has 94 valence electrons. The van der Waals surface area contributed by atoms with E-state index in [9.17, 15) is 17.6 Å². The summed E-state index contributed by atoms with van der Waals surface area (Å²) in [6.45, 7) is 0.175. The lowest BCUT2D eigenvalue weighted by molar-refractivity contribution is -0.137. The van der Waals surface area contributed by atoms with Gasteiger partial charge in [0.2, 0.25) is 0 Å². The summed E-state index contributed by atoms with van der Waals surface area (Å²) in [6.07, 6.45) is -4.90. The maximum atomic E-state index is 12.9. The van der Waals surface area contributed by atoms with Crippen LogP contribution in [0.15, 0.2) is 24.3 Å². The lowest BCUT2D eigenvalue weighted by Crippen LogP contribution is -2.48. The van der Waals surface area contributed by atoms with E-state index in [0.29, 0.717) is 5.56 Å². The minimum atomic E-state index is -4.37. The standard InChI is InChI=1S/C12H13F4N/c13-10-5-11(6-10,7-17)8-2-1-3-9(4-8)12(14,15)16/h1-4,10H,5-7,17H2. The van der Waals surface area contributed by atoms with E-state index in [4.69, 9.17) is 5.73 Å². The van der Waals surface area contributed by atoms with Crippen molar-refractivity contribution in [2.24, 2.45) is 5.73 Å². The highest BCUT2D eigenvalue weighted by Gasteiger charge is 2.45. The fourth-order valence-electron chi connectivity index (χ4n) is 2.33. The Kier molecular flexibility index (Phi) is 2.89. The zero-order valence-electron chi connectivity index (χ0n) is 9.10. The Labute approximate surface area is 96.6 Å². The molecule has 1 aliphatic carbocycles. The molecule has 0 spiro atoms. The number of alkyl halides is 4. The first-order valence-corrected chi connectivity index (χ1v) is 5.39. The van der Waals surface area contributed by atoms with E-state index in [-0.39, 0.29) is 19.4 Å². The SMILES string of the molecule is NCC1(c2cccc(C(F)(F)F)c2)CC(F)C1. The van der Waals surface area contributed by atoms with Gasteiger partial charge in [0.05, 0.1) is 5.56 Å². The molecule has 1 fully saturated rings. The highest BCUT2D eigenvalue weighted by molar-refractivity contribution is 5.34. The quantitative estimate of drug-likeness (QED) is 0.799. The molecule has 1 nitrogen and oxygen atoms in total. The summed E-state index contributed by atoms with van der Waals surface area (Å²) in [7, 11) is 0. The van der Waals surface area contributed by atoms with Crippen LogP contribution < -0.4 is 5.73 Å². The van der Waals surface area contributed by atoms with Gasteiger partial charge in [-0.1, -0.05) is 18.2 Å². The van der Waals surface area contributed by atoms with Crippen molar-refractivity contribution in [2.45, 2.75) is 30.6 Å². The molecule has 0 heterocycles. The van der Waals surface area contributed by atoms with Crippen LogP contribution in [-0.4, -0.2) is 12.7 Å². The van der Waals surface area contributed by atoms with E-state index < -0.39 is 23.3 Å². The molecule has 2 N–H and O–H groups in total. The predicted octanol–water partition coefficient (Wildman–Crippen LogP) is 3.03. The molecular weight excluding hydrogens is 234 g/mol. The number of benzene rings is 1. The van der Waals surface area contributed by atoms with Crippen molar-refractivity contribution in [2.75, 3.05) is 6.54 Å². The highest BCUT2D eigenvalue weighted by atomic mass is 19.4. The molecule has 2 rings (SSSR count). The maximum Gasteiger partial charge on any atom is 0.416 e. The maximum absolute atomic E-state index is 12.9. The molecule has 0 saturated heterocycles. The Balaban J connectivity index is 2.33. The molecule has 17 heavy (non-hydrogen) atoms. The van der Waals surface area contributed by atoms with Crippen molar-refractivity contribution in [3.63, 3.8) is 0 Å². The number of rotatable bonds is 2. The lowest BCUT2D eigenvalue weighted by atomic mass is 9.63. The Morgan fingerprint density at radius 1 is 1.29 bits per heavy atom. The Morgan fingerprint density at radius 2 is 1.94 bits per heavy atom. The smallest absolute Gasteiger partial charge is 0.330 e. The topological polar surface area (TPSA) is 26.0 Å². The molecule has 0 aromatic heterocycles. The van der Waals surface area contributed by atoms with Gasteiger partial charge in [0.1, 0.15) is 6.17 Å². The summed E-state index contributed by atoms with van der Waals surface area (Å²) in [4.78, 5) is 0. The van der Waals surface area contributed by atoms with Gasteiger partial charge >= 0.3 is 6.18 Å². The van der Waals surface area contributed by atoms with Gasteiger partial charge in [-0.15, -0.1) is 0 Å². The van der Waals surface area contributed by atoms with Crippen molar-refractivity contribution < 1.29 is 17.6 Å². The third-order valence-electron chi connectivity index (χ3n) is 3.42. The van der Waals surface area contributed by atoms with Crippen molar-refractivity contribution in [3.8, 4) is 0 Å². The fraction of sp³-hybridized carbons (Fsp3) is 0.500. The molecule has 0 amide bonds. The average Bonchev–Trinajstić information content (AvgIpc) is 2.23. The molecule has 1 aromatic carbocycles. The van der Waals surface area contributed by atoms with E-state index in [1.807, 2.05) is 0 Å². The third-order valence-corrected chi connectivity index (χ3v) is 3.42. The van der Waals surface area contributed by atoms with Crippen molar-refractivity contribution in [3.05, 3.63) is 35.4 Å². The second-order valence-electron chi connectivity index (χ2n) is 4.57. The van der Waals surface area contributed by atoms with E-state index in [1.54, 1.807) is 6.07 Å². The lowest BCUT2D eigenvalue weighted by Gasteiger charge is -2.44. The van der Waals surface area contributed by atoms with Crippen LogP contribution in [0.1, 0.15) is 24.0 Å². The van der Waals surface area contributed by atoms with Crippen molar-refractivity contribution in [1.82, 2.24) is 0 Å². The summed E-state index contributed by atoms with van der Waals surface area (Å²) in [6, 6.07) is 5.03. The molecule has 0 aliphatic heterocycles. The fourth-order valence-corrected chi connectivity index (χ4v) is 2.33. The Hall–Kier alpha value is -1.10. The van der Waals surface area contributed by atoms with E-state index in [2.05, 4.69) is 0 Å². The van der Waals surface area contributed by atoms with Crippen LogP contribution in [0.3, 0.4) is 0 Å². The van der Waals surface area contributed by atoms with Crippen LogP contribution in [0.5, 0.6) is 0 Å². The second kappa shape index (κ2) is 3.98. The molecule has 0 atom stereocenters. The third kappa shape index (κ3) is 2.16. The van der Waals surface area contributed by atoms with Crippen LogP contribution in [0.25, 0.3) is 0 Å². The zero-order chi connectivity index (χ0) is 12.7. The molecule has 0 unspecified atom stereocenters. The van der Waals surface area contributed by atoms with E-state index in [0.717, 1.165) is 12.1 Å². The van der Waals surface area contributed by atoms with Gasteiger partial charge in [0.15, 0.2) is 0 Å². The first-order valence-electron chi connectivity index (χ1n) is 5.39. The Morgan fingerprint density at radius 3 is 2.41 bits per heavy atom. The van der Waals surface area contributed by atoms with Gasteiger partial charge in [0.25, 0.3) is 0 Å². The zero-order valence-corrected chi connectivity index (χ0v) is 9.10. The molecule has 1 aliphatic rings. The van der Waals surface area contributed by atoms with Crippen LogP contribution in [0, 0.1) is 0 Å². The minimum Gasteiger partial charge on any atom is -0.330 e. The van der Waals surface area contributed by atoms with Gasteiger partial charge in [-0.3, -0.25) is 0 Å². The Bertz CT molecular complexity index is 407. The first-order chi connectivity index (χ1) is 7.87. The first kappa shape index (κ1) is 12.4. The molecule has 1 saturated carbocycles. The highest BCUT2D eigenvalue weighted by Crippen LogP contribution is 2.45. The van der Waals surface area contributed by atoms with Crippen LogP contribution in [-0.2, 0) is 11.6 Å². The van der Waals surface area contributed by atoms with Gasteiger partial charge < -0.3 is 5.73 Å². The summed E-state index contributed by atoms with van der Waals surface area (Å²) < 4.78 is 50.6. The van der Waals surface area contributed by atoms with Gasteiger partial charge in [0, 0.05) is 12.0 Å². The van der Waals surface area contributed by atoms with Crippen molar-refractivity contribution >= 4 is 0 Å².